The number of hydrogen-bond donors (Lipinski definition) is 0. The zero-order chi connectivity index (χ0) is 16.3. The Morgan fingerprint density at radius 2 is 1.57 bits per heavy atom. The highest BCUT2D eigenvalue weighted by atomic mass is 16.7. The third-order valence-corrected chi connectivity index (χ3v) is 3.75. The van der Waals surface area contributed by atoms with Gasteiger partial charge in [0.15, 0.2) is 0 Å². The minimum absolute atomic E-state index is 0.0174. The van der Waals surface area contributed by atoms with Crippen LogP contribution in [0, 0.1) is 0 Å². The van der Waals surface area contributed by atoms with Gasteiger partial charge in [-0.05, 0) is 30.2 Å². The van der Waals surface area contributed by atoms with Crippen LogP contribution in [0.5, 0.6) is 11.5 Å². The molecule has 1 heterocycles. The number of hydrogen-bond acceptors (Lipinski definition) is 4. The van der Waals surface area contributed by atoms with Crippen LogP contribution in [0.2, 0.25) is 0 Å². The first-order valence-corrected chi connectivity index (χ1v) is 7.79. The third kappa shape index (κ3) is 3.47. The van der Waals surface area contributed by atoms with E-state index in [1.807, 2.05) is 48.5 Å². The van der Waals surface area contributed by atoms with Gasteiger partial charge >= 0.3 is 5.97 Å². The number of carbonyl (C=O) groups is 1. The molecule has 2 aromatic rings. The Kier molecular flexibility index (Phi) is 4.24. The van der Waals surface area contributed by atoms with Crippen molar-refractivity contribution >= 4 is 5.97 Å². The van der Waals surface area contributed by atoms with Crippen LogP contribution in [0.4, 0.5) is 0 Å². The van der Waals surface area contributed by atoms with Gasteiger partial charge in [-0.2, -0.15) is 0 Å². The highest BCUT2D eigenvalue weighted by Gasteiger charge is 2.35. The first-order chi connectivity index (χ1) is 11.1. The Morgan fingerprint density at radius 1 is 1.04 bits per heavy atom. The van der Waals surface area contributed by atoms with Crippen LogP contribution in [-0.2, 0) is 16.0 Å². The van der Waals surface area contributed by atoms with E-state index in [1.165, 1.54) is 0 Å². The molecule has 1 aliphatic rings. The van der Waals surface area contributed by atoms with Crippen LogP contribution < -0.4 is 9.47 Å². The maximum absolute atomic E-state index is 12.0. The summed E-state index contributed by atoms with van der Waals surface area (Å²) < 4.78 is 17.2. The van der Waals surface area contributed by atoms with Gasteiger partial charge < -0.3 is 14.2 Å². The maximum atomic E-state index is 12.0. The highest BCUT2D eigenvalue weighted by Crippen LogP contribution is 2.35. The van der Waals surface area contributed by atoms with Crippen LogP contribution in [0.1, 0.15) is 31.4 Å². The lowest BCUT2D eigenvalue weighted by molar-refractivity contribution is -0.161. The molecule has 0 amide bonds. The van der Waals surface area contributed by atoms with Gasteiger partial charge in [0.1, 0.15) is 17.9 Å². The van der Waals surface area contributed by atoms with E-state index >= 15 is 0 Å². The molecule has 0 saturated heterocycles. The number of para-hydroxylation sites is 2. The van der Waals surface area contributed by atoms with Crippen molar-refractivity contribution in [3.05, 3.63) is 59.7 Å². The van der Waals surface area contributed by atoms with Crippen molar-refractivity contribution < 1.29 is 19.0 Å². The van der Waals surface area contributed by atoms with Gasteiger partial charge in [-0.3, -0.25) is 4.79 Å². The normalized spacial score (nSPS) is 15.0. The molecule has 0 fully saturated rings. The summed E-state index contributed by atoms with van der Waals surface area (Å²) in [6, 6.07) is 15.6. The summed E-state index contributed by atoms with van der Waals surface area (Å²) in [5.74, 6) is 0.00642. The first kappa shape index (κ1) is 15.4. The first-order valence-electron chi connectivity index (χ1n) is 7.79. The molecule has 0 radical (unpaired) electrons. The number of carbonyl (C=O) groups excluding carboxylic acids is 1. The smallest absolute Gasteiger partial charge is 0.313 e. The molecular formula is C19H20O4. The summed E-state index contributed by atoms with van der Waals surface area (Å²) in [4.78, 5) is 12.0. The lowest BCUT2D eigenvalue weighted by Crippen LogP contribution is -2.42. The molecule has 23 heavy (non-hydrogen) atoms. The molecular weight excluding hydrogens is 292 g/mol. The largest absolute Gasteiger partial charge is 0.466 e. The minimum Gasteiger partial charge on any atom is -0.466 e. The van der Waals surface area contributed by atoms with Gasteiger partial charge in [0.25, 0.3) is 5.79 Å². The summed E-state index contributed by atoms with van der Waals surface area (Å²) >= 11 is 0. The second-order valence-electron chi connectivity index (χ2n) is 5.71. The van der Waals surface area contributed by atoms with Gasteiger partial charge in [0, 0.05) is 13.3 Å². The summed E-state index contributed by atoms with van der Waals surface area (Å²) in [5, 5.41) is 0. The van der Waals surface area contributed by atoms with Crippen molar-refractivity contribution in [3.63, 3.8) is 0 Å². The van der Waals surface area contributed by atoms with Crippen LogP contribution in [-0.4, -0.2) is 18.4 Å². The Bertz CT molecular complexity index is 661. The van der Waals surface area contributed by atoms with E-state index in [0.717, 1.165) is 29.0 Å². The molecule has 4 nitrogen and oxygen atoms in total. The minimum atomic E-state index is -1.11. The predicted molar refractivity (Wildman–Crippen MR) is 86.6 cm³/mol. The van der Waals surface area contributed by atoms with E-state index in [-0.39, 0.29) is 12.4 Å². The Labute approximate surface area is 136 Å². The van der Waals surface area contributed by atoms with Crippen LogP contribution >= 0.6 is 0 Å². The van der Waals surface area contributed by atoms with Gasteiger partial charge in [-0.25, -0.2) is 0 Å². The van der Waals surface area contributed by atoms with E-state index in [0.29, 0.717) is 6.61 Å². The predicted octanol–water partition coefficient (Wildman–Crippen LogP) is 3.72. The second-order valence-corrected chi connectivity index (χ2v) is 5.71. The molecule has 120 valence electrons. The Morgan fingerprint density at radius 3 is 2.09 bits per heavy atom. The van der Waals surface area contributed by atoms with Gasteiger partial charge in [-0.15, -0.1) is 0 Å². The van der Waals surface area contributed by atoms with Crippen molar-refractivity contribution in [2.24, 2.45) is 0 Å². The number of esters is 1. The summed E-state index contributed by atoms with van der Waals surface area (Å²) in [6.07, 6.45) is 0.741. The lowest BCUT2D eigenvalue weighted by atomic mass is 10.0. The van der Waals surface area contributed by atoms with E-state index in [2.05, 4.69) is 0 Å². The number of ether oxygens (including phenoxy) is 3. The fourth-order valence-corrected chi connectivity index (χ4v) is 2.74. The Hall–Kier alpha value is -2.49. The molecule has 0 aliphatic carbocycles. The van der Waals surface area contributed by atoms with Gasteiger partial charge in [0.2, 0.25) is 0 Å². The number of benzene rings is 2. The van der Waals surface area contributed by atoms with Crippen molar-refractivity contribution in [3.8, 4) is 11.5 Å². The maximum Gasteiger partial charge on any atom is 0.313 e. The average Bonchev–Trinajstić information content (AvgIpc) is 2.49. The second kappa shape index (κ2) is 6.32. The zero-order valence-corrected chi connectivity index (χ0v) is 13.4. The highest BCUT2D eigenvalue weighted by molar-refractivity contribution is 5.70. The van der Waals surface area contributed by atoms with Crippen LogP contribution in [0.25, 0.3) is 0 Å². The van der Waals surface area contributed by atoms with Crippen LogP contribution in [0.3, 0.4) is 0 Å². The summed E-state index contributed by atoms with van der Waals surface area (Å²) in [5.41, 5.74) is 2.14. The fraction of sp³-hybridized carbons (Fsp3) is 0.316. The van der Waals surface area contributed by atoms with Crippen LogP contribution in [0.15, 0.2) is 48.5 Å². The SMILES string of the molecule is CCOC(=O)CC1(C)Oc2ccccc2Cc2ccccc2O1. The van der Waals surface area contributed by atoms with Gasteiger partial charge in [-0.1, -0.05) is 36.4 Å². The molecule has 4 heteroatoms. The molecule has 0 saturated carbocycles. The quantitative estimate of drug-likeness (QED) is 0.810. The van der Waals surface area contributed by atoms with E-state index in [1.54, 1.807) is 13.8 Å². The molecule has 3 rings (SSSR count). The molecule has 0 atom stereocenters. The lowest BCUT2D eigenvalue weighted by Gasteiger charge is -2.34. The number of rotatable bonds is 3. The molecule has 2 aromatic carbocycles. The molecule has 0 spiro atoms. The molecule has 1 aliphatic heterocycles. The van der Waals surface area contributed by atoms with Crippen molar-refractivity contribution in [2.75, 3.05) is 6.61 Å². The number of fused-ring (bicyclic) bond motifs is 2. The van der Waals surface area contributed by atoms with Crippen molar-refractivity contribution in [2.45, 2.75) is 32.5 Å². The summed E-state index contributed by atoms with van der Waals surface area (Å²) in [6.45, 7) is 3.88. The van der Waals surface area contributed by atoms with E-state index in [4.69, 9.17) is 14.2 Å². The van der Waals surface area contributed by atoms with Crippen molar-refractivity contribution in [1.82, 2.24) is 0 Å². The molecule has 0 unspecified atom stereocenters. The fourth-order valence-electron chi connectivity index (χ4n) is 2.74. The average molecular weight is 312 g/mol. The zero-order valence-electron chi connectivity index (χ0n) is 13.4. The molecule has 0 bridgehead atoms. The standard InChI is InChI=1S/C19H20O4/c1-3-21-18(20)13-19(2)22-16-10-6-4-8-14(16)12-15-9-5-7-11-17(15)23-19/h4-11H,3,12-13H2,1-2H3. The third-order valence-electron chi connectivity index (χ3n) is 3.75. The monoisotopic (exact) mass is 312 g/mol. The molecule has 0 aromatic heterocycles. The van der Waals surface area contributed by atoms with Crippen molar-refractivity contribution in [1.29, 1.82) is 0 Å². The van der Waals surface area contributed by atoms with E-state index in [9.17, 15) is 4.79 Å². The topological polar surface area (TPSA) is 44.8 Å². The summed E-state index contributed by atoms with van der Waals surface area (Å²) in [7, 11) is 0. The van der Waals surface area contributed by atoms with Gasteiger partial charge in [0.05, 0.1) is 6.61 Å². The van der Waals surface area contributed by atoms with E-state index < -0.39 is 5.79 Å². The molecule has 0 N–H and O–H groups in total. The Balaban J connectivity index is 2.00.